The van der Waals surface area contributed by atoms with E-state index in [-0.39, 0.29) is 6.10 Å². The zero-order chi connectivity index (χ0) is 12.5. The topological polar surface area (TPSA) is 21.3 Å². The molecule has 0 saturated carbocycles. The molecule has 0 heterocycles. The maximum atomic E-state index is 5.89. The first-order valence-electron chi connectivity index (χ1n) is 6.66. The molecule has 2 nitrogen and oxygen atoms in total. The highest BCUT2D eigenvalue weighted by molar-refractivity contribution is 5.14. The van der Waals surface area contributed by atoms with Crippen molar-refractivity contribution in [3.8, 4) is 0 Å². The van der Waals surface area contributed by atoms with Crippen LogP contribution in [0.4, 0.5) is 0 Å². The van der Waals surface area contributed by atoms with Crippen molar-refractivity contribution in [1.29, 1.82) is 0 Å². The minimum Gasteiger partial charge on any atom is -0.377 e. The summed E-state index contributed by atoms with van der Waals surface area (Å²) < 4.78 is 5.89. The lowest BCUT2D eigenvalue weighted by atomic mass is 10.1. The number of ether oxygens (including phenoxy) is 1. The summed E-state index contributed by atoms with van der Waals surface area (Å²) in [6, 6.07) is 11.0. The molecule has 1 rings (SSSR count). The summed E-state index contributed by atoms with van der Waals surface area (Å²) in [6.07, 6.45) is 2.39. The number of rotatable bonds is 8. The van der Waals surface area contributed by atoms with Gasteiger partial charge in [0.25, 0.3) is 0 Å². The minimum absolute atomic E-state index is 0.281. The van der Waals surface area contributed by atoms with Gasteiger partial charge in [-0.1, -0.05) is 44.2 Å². The molecule has 0 spiro atoms. The molecule has 0 amide bonds. The number of likely N-dealkylation sites (N-methyl/N-ethyl adjacent to an activating group) is 1. The summed E-state index contributed by atoms with van der Waals surface area (Å²) in [5, 5.41) is 3.46. The lowest BCUT2D eigenvalue weighted by Crippen LogP contribution is -2.39. The predicted molar refractivity (Wildman–Crippen MR) is 73.3 cm³/mol. The van der Waals surface area contributed by atoms with E-state index < -0.39 is 0 Å². The molecule has 0 bridgehead atoms. The summed E-state index contributed by atoms with van der Waals surface area (Å²) in [7, 11) is 0. The number of hydrogen-bond donors (Lipinski definition) is 1. The summed E-state index contributed by atoms with van der Waals surface area (Å²) in [6.45, 7) is 8.30. The van der Waals surface area contributed by atoms with Crippen LogP contribution in [0, 0.1) is 0 Å². The first-order chi connectivity index (χ1) is 8.27. The van der Waals surface area contributed by atoms with Gasteiger partial charge in [-0.2, -0.15) is 0 Å². The van der Waals surface area contributed by atoms with Crippen LogP contribution in [0.2, 0.25) is 0 Å². The first kappa shape index (κ1) is 14.2. The lowest BCUT2D eigenvalue weighted by molar-refractivity contribution is 0.0402. The second-order valence-electron chi connectivity index (χ2n) is 4.38. The number of benzene rings is 1. The minimum atomic E-state index is 0.281. The Bertz CT molecular complexity index is 286. The van der Waals surface area contributed by atoms with Crippen molar-refractivity contribution < 1.29 is 4.74 Å². The average Bonchev–Trinajstić information content (AvgIpc) is 2.37. The second-order valence-corrected chi connectivity index (χ2v) is 4.38. The predicted octanol–water partition coefficient (Wildman–Crippen LogP) is 3.02. The number of hydrogen-bond acceptors (Lipinski definition) is 2. The Kier molecular flexibility index (Phi) is 6.90. The Labute approximate surface area is 105 Å². The van der Waals surface area contributed by atoms with Gasteiger partial charge in [-0.3, -0.25) is 0 Å². The Morgan fingerprint density at radius 1 is 1.18 bits per heavy atom. The molecule has 0 aliphatic rings. The van der Waals surface area contributed by atoms with Gasteiger partial charge in [0, 0.05) is 6.04 Å². The van der Waals surface area contributed by atoms with E-state index in [1.54, 1.807) is 0 Å². The second kappa shape index (κ2) is 8.26. The van der Waals surface area contributed by atoms with Gasteiger partial charge in [-0.25, -0.2) is 0 Å². The Balaban J connectivity index is 2.25. The monoisotopic (exact) mass is 235 g/mol. The normalized spacial score (nSPS) is 14.5. The van der Waals surface area contributed by atoms with Crippen LogP contribution < -0.4 is 5.32 Å². The molecule has 1 N–H and O–H groups in total. The van der Waals surface area contributed by atoms with Crippen molar-refractivity contribution in [3.63, 3.8) is 0 Å². The van der Waals surface area contributed by atoms with E-state index >= 15 is 0 Å². The van der Waals surface area contributed by atoms with Crippen molar-refractivity contribution in [3.05, 3.63) is 35.9 Å². The highest BCUT2D eigenvalue weighted by Crippen LogP contribution is 2.05. The maximum absolute atomic E-state index is 5.89. The molecule has 0 aliphatic carbocycles. The highest BCUT2D eigenvalue weighted by Gasteiger charge is 2.13. The molecule has 0 aromatic heterocycles. The summed E-state index contributed by atoms with van der Waals surface area (Å²) in [4.78, 5) is 0. The quantitative estimate of drug-likeness (QED) is 0.748. The Morgan fingerprint density at radius 2 is 1.88 bits per heavy atom. The van der Waals surface area contributed by atoms with Crippen LogP contribution in [0.15, 0.2) is 30.3 Å². The molecule has 0 aliphatic heterocycles. The molecule has 1 aromatic carbocycles. The van der Waals surface area contributed by atoms with Crippen molar-refractivity contribution in [1.82, 2.24) is 5.32 Å². The molecule has 96 valence electrons. The molecule has 0 saturated heterocycles. The summed E-state index contributed by atoms with van der Waals surface area (Å²) >= 11 is 0. The van der Waals surface area contributed by atoms with Gasteiger partial charge < -0.3 is 10.1 Å². The van der Waals surface area contributed by atoms with E-state index in [1.807, 2.05) is 6.07 Å². The van der Waals surface area contributed by atoms with Crippen LogP contribution in [0.3, 0.4) is 0 Å². The fraction of sp³-hybridized carbons (Fsp3) is 0.600. The standard InChI is InChI=1S/C15H25NO/c1-4-15(16-5-2)13(3)17-12-11-14-9-7-6-8-10-14/h6-10,13,15-16H,4-5,11-12H2,1-3H3. The SMILES string of the molecule is CCNC(CC)C(C)OCCc1ccccc1. The van der Waals surface area contributed by atoms with E-state index in [9.17, 15) is 0 Å². The third kappa shape index (κ3) is 5.33. The van der Waals surface area contributed by atoms with Crippen LogP contribution in [0.1, 0.15) is 32.8 Å². The third-order valence-corrected chi connectivity index (χ3v) is 3.09. The van der Waals surface area contributed by atoms with Crippen molar-refractivity contribution >= 4 is 0 Å². The molecule has 2 atom stereocenters. The summed E-state index contributed by atoms with van der Waals surface area (Å²) in [5.41, 5.74) is 1.34. The Morgan fingerprint density at radius 3 is 2.47 bits per heavy atom. The molecule has 0 fully saturated rings. The Hall–Kier alpha value is -0.860. The van der Waals surface area contributed by atoms with Crippen LogP contribution in [-0.2, 0) is 11.2 Å². The maximum Gasteiger partial charge on any atom is 0.0699 e. The van der Waals surface area contributed by atoms with Crippen LogP contribution in [0.5, 0.6) is 0 Å². The largest absolute Gasteiger partial charge is 0.377 e. The van der Waals surface area contributed by atoms with Crippen LogP contribution >= 0.6 is 0 Å². The van der Waals surface area contributed by atoms with E-state index in [2.05, 4.69) is 50.4 Å². The molecular weight excluding hydrogens is 210 g/mol. The van der Waals surface area contributed by atoms with E-state index in [1.165, 1.54) is 5.56 Å². The van der Waals surface area contributed by atoms with Gasteiger partial charge in [0.2, 0.25) is 0 Å². The van der Waals surface area contributed by atoms with Gasteiger partial charge in [0.15, 0.2) is 0 Å². The fourth-order valence-corrected chi connectivity index (χ4v) is 2.03. The molecule has 0 radical (unpaired) electrons. The average molecular weight is 235 g/mol. The van der Waals surface area contributed by atoms with Crippen molar-refractivity contribution in [2.24, 2.45) is 0 Å². The van der Waals surface area contributed by atoms with Crippen molar-refractivity contribution in [2.75, 3.05) is 13.2 Å². The molecule has 17 heavy (non-hydrogen) atoms. The van der Waals surface area contributed by atoms with Gasteiger partial charge >= 0.3 is 0 Å². The highest BCUT2D eigenvalue weighted by atomic mass is 16.5. The molecular formula is C15H25NO. The lowest BCUT2D eigenvalue weighted by Gasteiger charge is -2.23. The van der Waals surface area contributed by atoms with E-state index in [0.29, 0.717) is 6.04 Å². The van der Waals surface area contributed by atoms with Gasteiger partial charge in [0.1, 0.15) is 0 Å². The first-order valence-corrected chi connectivity index (χ1v) is 6.66. The molecule has 2 unspecified atom stereocenters. The third-order valence-electron chi connectivity index (χ3n) is 3.09. The number of nitrogens with one attached hydrogen (secondary N) is 1. The fourth-order valence-electron chi connectivity index (χ4n) is 2.03. The van der Waals surface area contributed by atoms with Gasteiger partial charge in [-0.15, -0.1) is 0 Å². The summed E-state index contributed by atoms with van der Waals surface area (Å²) in [5.74, 6) is 0. The zero-order valence-corrected chi connectivity index (χ0v) is 11.3. The zero-order valence-electron chi connectivity index (χ0n) is 11.3. The van der Waals surface area contributed by atoms with Gasteiger partial charge in [0.05, 0.1) is 12.7 Å². The molecule has 1 aromatic rings. The smallest absolute Gasteiger partial charge is 0.0699 e. The molecule has 2 heteroatoms. The van der Waals surface area contributed by atoms with Crippen molar-refractivity contribution in [2.45, 2.75) is 45.8 Å². The van der Waals surface area contributed by atoms with Crippen LogP contribution in [0.25, 0.3) is 0 Å². The van der Waals surface area contributed by atoms with E-state index in [4.69, 9.17) is 4.74 Å². The van der Waals surface area contributed by atoms with Gasteiger partial charge in [-0.05, 0) is 31.9 Å². The van der Waals surface area contributed by atoms with E-state index in [0.717, 1.165) is 26.0 Å². The van der Waals surface area contributed by atoms with Crippen LogP contribution in [-0.4, -0.2) is 25.3 Å².